The Morgan fingerprint density at radius 3 is 3.00 bits per heavy atom. The molecule has 1 fully saturated rings. The van der Waals surface area contributed by atoms with Gasteiger partial charge in [0.25, 0.3) is 0 Å². The number of anilines is 1. The highest BCUT2D eigenvalue weighted by Gasteiger charge is 2.23. The molecule has 1 aromatic rings. The zero-order chi connectivity index (χ0) is 13.8. The van der Waals surface area contributed by atoms with Gasteiger partial charge in [-0.2, -0.15) is 0 Å². The number of nitro groups is 1. The highest BCUT2D eigenvalue weighted by molar-refractivity contribution is 5.56. The average Bonchev–Trinajstić information content (AvgIpc) is 2.39. The van der Waals surface area contributed by atoms with E-state index in [4.69, 9.17) is 0 Å². The summed E-state index contributed by atoms with van der Waals surface area (Å²) in [4.78, 5) is 14.9. The van der Waals surface area contributed by atoms with Crippen molar-refractivity contribution < 1.29 is 4.92 Å². The Kier molecular flexibility index (Phi) is 4.31. The van der Waals surface area contributed by atoms with Gasteiger partial charge in [-0.25, -0.2) is 4.98 Å². The van der Waals surface area contributed by atoms with Crippen LogP contribution in [0.3, 0.4) is 0 Å². The summed E-state index contributed by atoms with van der Waals surface area (Å²) in [6.45, 7) is 5.91. The smallest absolute Gasteiger partial charge is 0.311 e. The van der Waals surface area contributed by atoms with E-state index in [0.717, 1.165) is 31.6 Å². The van der Waals surface area contributed by atoms with Crippen LogP contribution in [-0.4, -0.2) is 29.0 Å². The first-order chi connectivity index (χ1) is 9.08. The zero-order valence-corrected chi connectivity index (χ0v) is 11.3. The van der Waals surface area contributed by atoms with Crippen molar-refractivity contribution in [2.45, 2.75) is 32.7 Å². The van der Waals surface area contributed by atoms with Crippen molar-refractivity contribution in [1.82, 2.24) is 10.3 Å². The van der Waals surface area contributed by atoms with Crippen LogP contribution >= 0.6 is 0 Å². The van der Waals surface area contributed by atoms with Crippen LogP contribution in [0, 0.1) is 23.0 Å². The minimum Gasteiger partial charge on any atom is -0.362 e. The Bertz CT molecular complexity index is 458. The number of hydrogen-bond donors (Lipinski definition) is 2. The standard InChI is InChI=1S/C13H20N4O2/c1-9-5-6-12(17(18)19)13(15-9)16-10(2)11-4-3-7-14-8-11/h5-6,10-11,14H,3-4,7-8H2,1-2H3,(H,15,16). The molecule has 104 valence electrons. The van der Waals surface area contributed by atoms with Crippen LogP contribution in [0.2, 0.25) is 0 Å². The molecule has 19 heavy (non-hydrogen) atoms. The predicted molar refractivity (Wildman–Crippen MR) is 74.3 cm³/mol. The van der Waals surface area contributed by atoms with Crippen molar-refractivity contribution in [3.05, 3.63) is 27.9 Å². The number of hydrogen-bond acceptors (Lipinski definition) is 5. The number of nitrogens with one attached hydrogen (secondary N) is 2. The van der Waals surface area contributed by atoms with Gasteiger partial charge in [0, 0.05) is 17.8 Å². The molecule has 2 unspecified atom stereocenters. The van der Waals surface area contributed by atoms with E-state index in [1.807, 2.05) is 6.92 Å². The van der Waals surface area contributed by atoms with Gasteiger partial charge in [-0.15, -0.1) is 0 Å². The van der Waals surface area contributed by atoms with E-state index < -0.39 is 0 Å². The first kappa shape index (κ1) is 13.7. The molecule has 2 rings (SSSR count). The topological polar surface area (TPSA) is 80.1 Å². The normalized spacial score (nSPS) is 20.8. The minimum atomic E-state index is -0.388. The summed E-state index contributed by atoms with van der Waals surface area (Å²) in [7, 11) is 0. The third-order valence-electron chi connectivity index (χ3n) is 3.62. The molecule has 0 bridgehead atoms. The highest BCUT2D eigenvalue weighted by Crippen LogP contribution is 2.25. The molecule has 1 aromatic heterocycles. The summed E-state index contributed by atoms with van der Waals surface area (Å²) in [6, 6.07) is 3.34. The van der Waals surface area contributed by atoms with Crippen LogP contribution in [0.25, 0.3) is 0 Å². The van der Waals surface area contributed by atoms with Gasteiger partial charge < -0.3 is 10.6 Å². The molecule has 1 saturated heterocycles. The lowest BCUT2D eigenvalue weighted by molar-refractivity contribution is -0.384. The second-order valence-electron chi connectivity index (χ2n) is 5.12. The van der Waals surface area contributed by atoms with Gasteiger partial charge >= 0.3 is 5.69 Å². The molecule has 0 aromatic carbocycles. The molecular formula is C13H20N4O2. The van der Waals surface area contributed by atoms with E-state index in [2.05, 4.69) is 22.5 Å². The molecule has 6 heteroatoms. The molecule has 0 aliphatic carbocycles. The second-order valence-corrected chi connectivity index (χ2v) is 5.12. The summed E-state index contributed by atoms with van der Waals surface area (Å²) in [5, 5.41) is 17.6. The maximum absolute atomic E-state index is 11.0. The van der Waals surface area contributed by atoms with E-state index >= 15 is 0 Å². The summed E-state index contributed by atoms with van der Waals surface area (Å²) in [5.41, 5.74) is 0.822. The van der Waals surface area contributed by atoms with Crippen LogP contribution in [0.15, 0.2) is 12.1 Å². The summed E-state index contributed by atoms with van der Waals surface area (Å²) < 4.78 is 0. The SMILES string of the molecule is Cc1ccc([N+](=O)[O-])c(NC(C)C2CCCNC2)n1. The van der Waals surface area contributed by atoms with Crippen LogP contribution in [0.1, 0.15) is 25.5 Å². The maximum Gasteiger partial charge on any atom is 0.311 e. The summed E-state index contributed by atoms with van der Waals surface area (Å²) >= 11 is 0. The largest absolute Gasteiger partial charge is 0.362 e. The van der Waals surface area contributed by atoms with E-state index in [-0.39, 0.29) is 16.7 Å². The third-order valence-corrected chi connectivity index (χ3v) is 3.62. The Hall–Kier alpha value is -1.69. The van der Waals surface area contributed by atoms with Gasteiger partial charge in [0.1, 0.15) is 0 Å². The van der Waals surface area contributed by atoms with Gasteiger partial charge in [-0.3, -0.25) is 10.1 Å². The number of aryl methyl sites for hydroxylation is 1. The summed E-state index contributed by atoms with van der Waals surface area (Å²) in [5.74, 6) is 0.860. The highest BCUT2D eigenvalue weighted by atomic mass is 16.6. The molecule has 0 radical (unpaired) electrons. The van der Waals surface area contributed by atoms with Gasteiger partial charge in [-0.05, 0) is 51.8 Å². The molecule has 1 aliphatic rings. The molecule has 0 spiro atoms. The van der Waals surface area contributed by atoms with Gasteiger partial charge in [0.05, 0.1) is 4.92 Å². The quantitative estimate of drug-likeness (QED) is 0.643. The van der Waals surface area contributed by atoms with Crippen molar-refractivity contribution in [2.24, 2.45) is 5.92 Å². The van der Waals surface area contributed by atoms with Crippen molar-refractivity contribution >= 4 is 11.5 Å². The van der Waals surface area contributed by atoms with Crippen molar-refractivity contribution in [3.63, 3.8) is 0 Å². The number of pyridine rings is 1. The van der Waals surface area contributed by atoms with Crippen LogP contribution in [0.5, 0.6) is 0 Å². The molecule has 1 aliphatic heterocycles. The van der Waals surface area contributed by atoms with Gasteiger partial charge in [0.15, 0.2) is 0 Å². The third kappa shape index (κ3) is 3.41. The Morgan fingerprint density at radius 1 is 1.58 bits per heavy atom. The molecule has 2 N–H and O–H groups in total. The number of aromatic nitrogens is 1. The fourth-order valence-corrected chi connectivity index (χ4v) is 2.44. The molecule has 0 saturated carbocycles. The van der Waals surface area contributed by atoms with Crippen molar-refractivity contribution in [1.29, 1.82) is 0 Å². The van der Waals surface area contributed by atoms with Crippen molar-refractivity contribution in [2.75, 3.05) is 18.4 Å². The molecular weight excluding hydrogens is 244 g/mol. The zero-order valence-electron chi connectivity index (χ0n) is 11.3. The Morgan fingerprint density at radius 2 is 2.37 bits per heavy atom. The second kappa shape index (κ2) is 5.97. The minimum absolute atomic E-state index is 0.0428. The van der Waals surface area contributed by atoms with Crippen LogP contribution in [0.4, 0.5) is 11.5 Å². The molecule has 0 amide bonds. The Balaban J connectivity index is 2.12. The number of nitrogens with zero attached hydrogens (tertiary/aromatic N) is 2. The van der Waals surface area contributed by atoms with E-state index in [9.17, 15) is 10.1 Å². The fraction of sp³-hybridized carbons (Fsp3) is 0.615. The lowest BCUT2D eigenvalue weighted by atomic mass is 9.93. The average molecular weight is 264 g/mol. The number of rotatable bonds is 4. The van der Waals surface area contributed by atoms with Crippen molar-refractivity contribution in [3.8, 4) is 0 Å². The molecule has 2 atom stereocenters. The monoisotopic (exact) mass is 264 g/mol. The van der Waals surface area contributed by atoms with E-state index in [1.165, 1.54) is 6.07 Å². The van der Waals surface area contributed by atoms with E-state index in [1.54, 1.807) is 6.07 Å². The lowest BCUT2D eigenvalue weighted by Crippen LogP contribution is -2.39. The number of piperidine rings is 1. The molecule has 6 nitrogen and oxygen atoms in total. The van der Waals surface area contributed by atoms with Crippen LogP contribution in [-0.2, 0) is 0 Å². The molecule has 2 heterocycles. The summed E-state index contributed by atoms with van der Waals surface area (Å²) in [6.07, 6.45) is 2.29. The van der Waals surface area contributed by atoms with Gasteiger partial charge in [0.2, 0.25) is 5.82 Å². The van der Waals surface area contributed by atoms with E-state index in [0.29, 0.717) is 11.7 Å². The van der Waals surface area contributed by atoms with Crippen LogP contribution < -0.4 is 10.6 Å². The lowest BCUT2D eigenvalue weighted by Gasteiger charge is -2.29. The Labute approximate surface area is 112 Å². The maximum atomic E-state index is 11.0. The predicted octanol–water partition coefficient (Wildman–Crippen LogP) is 2.10. The first-order valence-corrected chi connectivity index (χ1v) is 6.67. The fourth-order valence-electron chi connectivity index (χ4n) is 2.44. The van der Waals surface area contributed by atoms with Gasteiger partial charge in [-0.1, -0.05) is 0 Å². The first-order valence-electron chi connectivity index (χ1n) is 6.67.